The Morgan fingerprint density at radius 2 is 1.46 bits per heavy atom. The lowest BCUT2D eigenvalue weighted by Crippen LogP contribution is -1.93. The van der Waals surface area contributed by atoms with Gasteiger partial charge in [0.15, 0.2) is 23.0 Å². The molecule has 0 atom stereocenters. The number of nitriles is 1. The number of aliphatic imine (C=N–C) groups is 1. The average Bonchev–Trinajstić information content (AvgIpc) is 3.60. The number of hydrogen-bond acceptors (Lipinski definition) is 7. The van der Waals surface area contributed by atoms with Gasteiger partial charge in [0.1, 0.15) is 17.4 Å². The molecule has 2 aliphatic rings. The van der Waals surface area contributed by atoms with Gasteiger partial charge in [-0.2, -0.15) is 5.26 Å². The quantitative estimate of drug-likeness (QED) is 0.278. The molecule has 0 bridgehead atoms. The van der Waals surface area contributed by atoms with Crippen molar-refractivity contribution in [1.82, 2.24) is 0 Å². The zero-order valence-corrected chi connectivity index (χ0v) is 19.4. The molecule has 0 radical (unpaired) electrons. The summed E-state index contributed by atoms with van der Waals surface area (Å²) in [6.45, 7) is 0.286. The molecule has 4 aromatic rings. The Morgan fingerprint density at radius 3 is 2.14 bits per heavy atom. The normalized spacial score (nSPS) is 13.4. The van der Waals surface area contributed by atoms with Crippen LogP contribution >= 0.6 is 23.2 Å². The van der Waals surface area contributed by atoms with Gasteiger partial charge in [-0.15, -0.1) is 0 Å². The van der Waals surface area contributed by atoms with Gasteiger partial charge in [-0.25, -0.2) is 4.99 Å². The van der Waals surface area contributed by atoms with E-state index < -0.39 is 0 Å². The van der Waals surface area contributed by atoms with Gasteiger partial charge in [0.25, 0.3) is 0 Å². The van der Waals surface area contributed by atoms with Crippen molar-refractivity contribution >= 4 is 35.3 Å². The number of ether oxygens (including phenoxy) is 4. The van der Waals surface area contributed by atoms with Crippen molar-refractivity contribution < 1.29 is 23.4 Å². The molecule has 0 aliphatic carbocycles. The van der Waals surface area contributed by atoms with E-state index in [1.54, 1.807) is 30.3 Å². The molecular formula is C26H14Cl2N2O5. The third-order valence-corrected chi connectivity index (χ3v) is 6.14. The fraction of sp³-hybridized carbons (Fsp3) is 0.0769. The maximum Gasteiger partial charge on any atom is 0.238 e. The second-order valence-electron chi connectivity index (χ2n) is 7.66. The summed E-state index contributed by atoms with van der Waals surface area (Å²) in [6.07, 6.45) is 1.53. The highest BCUT2D eigenvalue weighted by Gasteiger charge is 2.26. The van der Waals surface area contributed by atoms with Crippen LogP contribution in [0.15, 0.2) is 64.0 Å². The summed E-state index contributed by atoms with van der Waals surface area (Å²) in [7, 11) is 0. The van der Waals surface area contributed by atoms with Crippen molar-refractivity contribution in [3.8, 4) is 51.5 Å². The van der Waals surface area contributed by atoms with Gasteiger partial charge >= 0.3 is 0 Å². The topological polar surface area (TPSA) is 86.2 Å². The summed E-state index contributed by atoms with van der Waals surface area (Å²) in [5.74, 6) is 3.04. The minimum atomic E-state index is 0.138. The van der Waals surface area contributed by atoms with Crippen LogP contribution < -0.4 is 18.9 Å². The lowest BCUT2D eigenvalue weighted by molar-refractivity contribution is 0.173. The Balaban J connectivity index is 1.52. The van der Waals surface area contributed by atoms with Crippen molar-refractivity contribution in [2.75, 3.05) is 13.6 Å². The summed E-state index contributed by atoms with van der Waals surface area (Å²) >= 11 is 12.3. The van der Waals surface area contributed by atoms with E-state index in [4.69, 9.17) is 46.6 Å². The van der Waals surface area contributed by atoms with E-state index in [-0.39, 0.29) is 25.0 Å². The van der Waals surface area contributed by atoms with E-state index in [0.29, 0.717) is 61.1 Å². The highest BCUT2D eigenvalue weighted by atomic mass is 35.5. The number of halogens is 2. The Hall–Kier alpha value is -4.12. The second kappa shape index (κ2) is 8.58. The molecule has 3 heterocycles. The Labute approximate surface area is 209 Å². The fourth-order valence-electron chi connectivity index (χ4n) is 3.92. The first-order chi connectivity index (χ1) is 17.1. The molecule has 6 rings (SSSR count). The summed E-state index contributed by atoms with van der Waals surface area (Å²) in [4.78, 5) is 4.46. The molecule has 0 N–H and O–H groups in total. The number of benzene rings is 3. The van der Waals surface area contributed by atoms with Crippen LogP contribution in [-0.2, 0) is 0 Å². The molecule has 7 nitrogen and oxygen atoms in total. The van der Waals surface area contributed by atoms with E-state index in [2.05, 4.69) is 11.1 Å². The van der Waals surface area contributed by atoms with Crippen molar-refractivity contribution in [3.63, 3.8) is 0 Å². The van der Waals surface area contributed by atoms with E-state index in [0.717, 1.165) is 0 Å². The molecule has 0 unspecified atom stereocenters. The molecule has 0 fully saturated rings. The third kappa shape index (κ3) is 3.83. The second-order valence-corrected chi connectivity index (χ2v) is 8.50. The van der Waals surface area contributed by atoms with E-state index in [1.165, 1.54) is 6.21 Å². The van der Waals surface area contributed by atoms with Crippen LogP contribution in [-0.4, -0.2) is 19.8 Å². The van der Waals surface area contributed by atoms with Gasteiger partial charge < -0.3 is 23.4 Å². The molecule has 1 aromatic heterocycles. The van der Waals surface area contributed by atoms with Gasteiger partial charge in [-0.3, -0.25) is 0 Å². The minimum Gasteiger partial charge on any atom is -0.454 e. The Kier molecular flexibility index (Phi) is 5.25. The Morgan fingerprint density at radius 1 is 0.800 bits per heavy atom. The van der Waals surface area contributed by atoms with Gasteiger partial charge in [0.2, 0.25) is 19.5 Å². The number of nitrogens with zero attached hydrogens (tertiary/aromatic N) is 2. The van der Waals surface area contributed by atoms with Crippen LogP contribution in [0.5, 0.6) is 23.0 Å². The minimum absolute atomic E-state index is 0.138. The van der Waals surface area contributed by atoms with Crippen LogP contribution in [0.4, 0.5) is 5.88 Å². The summed E-state index contributed by atoms with van der Waals surface area (Å²) in [5.41, 5.74) is 2.88. The van der Waals surface area contributed by atoms with Gasteiger partial charge in [0, 0.05) is 27.9 Å². The van der Waals surface area contributed by atoms with Crippen LogP contribution in [0.3, 0.4) is 0 Å². The molecule has 0 amide bonds. The van der Waals surface area contributed by atoms with Crippen molar-refractivity contribution in [1.29, 1.82) is 5.26 Å². The maximum absolute atomic E-state index is 10.1. The van der Waals surface area contributed by atoms with Crippen LogP contribution in [0.25, 0.3) is 22.5 Å². The van der Waals surface area contributed by atoms with Crippen LogP contribution in [0.1, 0.15) is 11.1 Å². The molecule has 0 saturated heterocycles. The molecular weight excluding hydrogens is 491 g/mol. The molecule has 35 heavy (non-hydrogen) atoms. The van der Waals surface area contributed by atoms with E-state index in [9.17, 15) is 5.26 Å². The molecule has 3 aromatic carbocycles. The first-order valence-electron chi connectivity index (χ1n) is 10.5. The maximum atomic E-state index is 10.1. The zero-order valence-electron chi connectivity index (χ0n) is 17.9. The summed E-state index contributed by atoms with van der Waals surface area (Å²) in [6, 6.07) is 18.2. The largest absolute Gasteiger partial charge is 0.454 e. The lowest BCUT2D eigenvalue weighted by Gasteiger charge is -2.06. The van der Waals surface area contributed by atoms with Crippen molar-refractivity contribution in [2.45, 2.75) is 0 Å². The highest BCUT2D eigenvalue weighted by molar-refractivity contribution is 6.36. The predicted molar refractivity (Wildman–Crippen MR) is 130 cm³/mol. The average molecular weight is 505 g/mol. The highest BCUT2D eigenvalue weighted by Crippen LogP contribution is 2.47. The SMILES string of the molecule is N#Cc1c(N=Cc2ccc(Cl)cc2Cl)oc(-c2ccc3c(c2)OCO3)c1-c1ccc2c(c1)OCO2. The first-order valence-corrected chi connectivity index (χ1v) is 11.2. The molecule has 2 aliphatic heterocycles. The fourth-order valence-corrected chi connectivity index (χ4v) is 4.37. The third-order valence-electron chi connectivity index (χ3n) is 5.58. The number of fused-ring (bicyclic) bond motifs is 2. The smallest absolute Gasteiger partial charge is 0.238 e. The van der Waals surface area contributed by atoms with E-state index >= 15 is 0 Å². The first kappa shape index (κ1) is 21.4. The summed E-state index contributed by atoms with van der Waals surface area (Å²) in [5, 5.41) is 11.1. The monoisotopic (exact) mass is 504 g/mol. The molecule has 172 valence electrons. The lowest BCUT2D eigenvalue weighted by atomic mass is 9.97. The zero-order chi connectivity index (χ0) is 23.9. The standard InChI is InChI=1S/C26H14Cl2N2O5/c27-17-4-1-16(19(28)9-17)11-30-26-18(10-29)24(14-2-5-20-22(7-14)33-12-31-20)25(35-26)15-3-6-21-23(8-15)34-13-32-21/h1-9,11H,12-13H2. The van der Waals surface area contributed by atoms with E-state index in [1.807, 2.05) is 24.3 Å². The predicted octanol–water partition coefficient (Wildman–Crippen LogP) is 7.00. The number of hydrogen-bond donors (Lipinski definition) is 0. The number of rotatable bonds is 4. The summed E-state index contributed by atoms with van der Waals surface area (Å²) < 4.78 is 28.1. The van der Waals surface area contributed by atoms with Crippen molar-refractivity contribution in [3.05, 3.63) is 75.8 Å². The molecule has 0 spiro atoms. The number of furan rings is 1. The van der Waals surface area contributed by atoms with Crippen LogP contribution in [0, 0.1) is 11.3 Å². The van der Waals surface area contributed by atoms with Gasteiger partial charge in [-0.05, 0) is 48.0 Å². The molecule has 0 saturated carbocycles. The van der Waals surface area contributed by atoms with Crippen LogP contribution in [0.2, 0.25) is 10.0 Å². The van der Waals surface area contributed by atoms with Gasteiger partial charge in [0.05, 0.1) is 5.02 Å². The Bertz CT molecular complexity index is 1550. The van der Waals surface area contributed by atoms with Crippen molar-refractivity contribution in [2.24, 2.45) is 4.99 Å². The molecule has 9 heteroatoms. The van der Waals surface area contributed by atoms with Gasteiger partial charge in [-0.1, -0.05) is 35.3 Å².